The maximum Gasteiger partial charge on any atom is 0.416 e. The second-order valence-corrected chi connectivity index (χ2v) is 8.73. The fraction of sp³-hybridized carbons (Fsp3) is 0.389. The van der Waals surface area contributed by atoms with E-state index in [4.69, 9.17) is 4.42 Å². The normalized spacial score (nSPS) is 16.5. The number of carbonyl (C=O) groups excluding carboxylic acids is 1. The van der Waals surface area contributed by atoms with Crippen molar-refractivity contribution in [1.29, 1.82) is 0 Å². The van der Waals surface area contributed by atoms with Crippen molar-refractivity contribution in [1.82, 2.24) is 4.90 Å². The molecule has 0 unspecified atom stereocenters. The summed E-state index contributed by atoms with van der Waals surface area (Å²) in [4.78, 5) is 13.9. The number of nitrogens with zero attached hydrogens (tertiary/aromatic N) is 1. The Morgan fingerprint density at radius 2 is 1.74 bits per heavy atom. The summed E-state index contributed by atoms with van der Waals surface area (Å²) in [6, 6.07) is 7.24. The highest BCUT2D eigenvalue weighted by molar-refractivity contribution is 7.91. The zero-order chi connectivity index (χ0) is 19.7. The number of furan rings is 1. The van der Waals surface area contributed by atoms with Crippen LogP contribution in [0.4, 0.5) is 13.2 Å². The highest BCUT2D eigenvalue weighted by Gasteiger charge is 2.33. The first-order chi connectivity index (χ1) is 12.7. The van der Waals surface area contributed by atoms with Crippen molar-refractivity contribution in [3.05, 3.63) is 59.5 Å². The third kappa shape index (κ3) is 4.52. The molecule has 0 atom stereocenters. The molecule has 1 amide bonds. The summed E-state index contributed by atoms with van der Waals surface area (Å²) < 4.78 is 67.8. The number of piperidine rings is 1. The Kier molecular flexibility index (Phi) is 5.32. The molecule has 0 bridgehead atoms. The second kappa shape index (κ2) is 7.38. The van der Waals surface area contributed by atoms with Crippen molar-refractivity contribution in [2.45, 2.75) is 30.0 Å². The van der Waals surface area contributed by atoms with Gasteiger partial charge in [-0.25, -0.2) is 8.42 Å². The number of amides is 1. The van der Waals surface area contributed by atoms with Gasteiger partial charge < -0.3 is 9.32 Å². The number of sulfone groups is 1. The third-order valence-corrected chi connectivity index (χ3v) is 6.79. The summed E-state index contributed by atoms with van der Waals surface area (Å²) in [7, 11) is -3.40. The average molecular weight is 401 g/mol. The number of hydrogen-bond donors (Lipinski definition) is 0. The van der Waals surface area contributed by atoms with Gasteiger partial charge in [0, 0.05) is 18.7 Å². The quantitative estimate of drug-likeness (QED) is 0.786. The first-order valence-electron chi connectivity index (χ1n) is 8.37. The maximum absolute atomic E-state index is 12.6. The van der Waals surface area contributed by atoms with Crippen LogP contribution in [0.2, 0.25) is 0 Å². The molecular formula is C18H18F3NO4S. The van der Waals surface area contributed by atoms with E-state index in [0.29, 0.717) is 5.76 Å². The molecule has 27 heavy (non-hydrogen) atoms. The first-order valence-corrected chi connectivity index (χ1v) is 10.1. The van der Waals surface area contributed by atoms with E-state index in [1.807, 2.05) is 0 Å². The van der Waals surface area contributed by atoms with Gasteiger partial charge in [0.25, 0.3) is 5.91 Å². The minimum absolute atomic E-state index is 0.153. The summed E-state index contributed by atoms with van der Waals surface area (Å²) in [6.07, 6.45) is -2.47. The molecule has 0 aliphatic carbocycles. The SMILES string of the molecule is O=C(c1ccc(C(F)(F)F)cc1)N1CCC(S(=O)(=O)Cc2ccco2)CC1. The number of hydrogen-bond acceptors (Lipinski definition) is 4. The zero-order valence-corrected chi connectivity index (χ0v) is 15.1. The van der Waals surface area contributed by atoms with Gasteiger partial charge in [-0.1, -0.05) is 0 Å². The van der Waals surface area contributed by atoms with E-state index < -0.39 is 32.7 Å². The summed E-state index contributed by atoms with van der Waals surface area (Å²) in [5, 5.41) is -0.570. The number of benzene rings is 1. The van der Waals surface area contributed by atoms with Crippen molar-refractivity contribution in [2.75, 3.05) is 13.1 Å². The number of alkyl halides is 3. The molecule has 0 radical (unpaired) electrons. The van der Waals surface area contributed by atoms with Gasteiger partial charge in [-0.3, -0.25) is 4.79 Å². The van der Waals surface area contributed by atoms with Crippen LogP contribution >= 0.6 is 0 Å². The monoisotopic (exact) mass is 401 g/mol. The van der Waals surface area contributed by atoms with E-state index in [1.165, 1.54) is 11.2 Å². The Hall–Kier alpha value is -2.29. The van der Waals surface area contributed by atoms with E-state index in [-0.39, 0.29) is 37.2 Å². The molecule has 1 fully saturated rings. The van der Waals surface area contributed by atoms with Gasteiger partial charge in [-0.15, -0.1) is 0 Å². The molecule has 146 valence electrons. The largest absolute Gasteiger partial charge is 0.468 e. The van der Waals surface area contributed by atoms with Gasteiger partial charge in [-0.2, -0.15) is 13.2 Å². The zero-order valence-electron chi connectivity index (χ0n) is 14.3. The summed E-state index contributed by atoms with van der Waals surface area (Å²) >= 11 is 0. The van der Waals surface area contributed by atoms with Crippen LogP contribution in [-0.4, -0.2) is 37.6 Å². The van der Waals surface area contributed by atoms with Crippen LogP contribution in [0.15, 0.2) is 47.1 Å². The minimum atomic E-state index is -4.46. The lowest BCUT2D eigenvalue weighted by Gasteiger charge is -2.31. The Morgan fingerprint density at radius 3 is 2.26 bits per heavy atom. The number of rotatable bonds is 4. The fourth-order valence-corrected chi connectivity index (χ4v) is 4.84. The predicted molar refractivity (Wildman–Crippen MR) is 91.7 cm³/mol. The highest BCUT2D eigenvalue weighted by atomic mass is 32.2. The molecule has 2 aromatic rings. The first kappa shape index (κ1) is 19.5. The van der Waals surface area contributed by atoms with Crippen molar-refractivity contribution in [2.24, 2.45) is 0 Å². The fourth-order valence-electron chi connectivity index (χ4n) is 3.11. The summed E-state index contributed by atoms with van der Waals surface area (Å²) in [5.74, 6) is -0.207. The summed E-state index contributed by atoms with van der Waals surface area (Å²) in [5.41, 5.74) is -0.665. The van der Waals surface area contributed by atoms with Crippen molar-refractivity contribution in [3.8, 4) is 0 Å². The molecule has 2 heterocycles. The van der Waals surface area contributed by atoms with E-state index in [0.717, 1.165) is 24.3 Å². The molecule has 1 aromatic carbocycles. The predicted octanol–water partition coefficient (Wildman–Crippen LogP) is 3.52. The molecule has 1 aliphatic rings. The van der Waals surface area contributed by atoms with Crippen LogP contribution in [0.5, 0.6) is 0 Å². The standard InChI is InChI=1S/C18H18F3NO4S/c19-18(20,21)14-5-3-13(4-6-14)17(23)22-9-7-16(8-10-22)27(24,25)12-15-2-1-11-26-15/h1-6,11,16H,7-10,12H2. The topological polar surface area (TPSA) is 67.6 Å². The lowest BCUT2D eigenvalue weighted by Crippen LogP contribution is -2.42. The van der Waals surface area contributed by atoms with Crippen molar-refractivity contribution in [3.63, 3.8) is 0 Å². The number of likely N-dealkylation sites (tertiary alicyclic amines) is 1. The number of carbonyl (C=O) groups is 1. The highest BCUT2D eigenvalue weighted by Crippen LogP contribution is 2.29. The van der Waals surface area contributed by atoms with Gasteiger partial charge in [0.2, 0.25) is 0 Å². The van der Waals surface area contributed by atoms with Crippen molar-refractivity contribution < 1.29 is 30.8 Å². The third-order valence-electron chi connectivity index (χ3n) is 4.62. The van der Waals surface area contributed by atoms with E-state index in [2.05, 4.69) is 0 Å². The van der Waals surface area contributed by atoms with Crippen LogP contribution in [-0.2, 0) is 21.8 Å². The molecule has 1 saturated heterocycles. The van der Waals surface area contributed by atoms with Crippen LogP contribution in [0, 0.1) is 0 Å². The average Bonchev–Trinajstić information content (AvgIpc) is 3.13. The van der Waals surface area contributed by atoms with Crippen LogP contribution in [0.1, 0.15) is 34.5 Å². The smallest absolute Gasteiger partial charge is 0.416 e. The maximum atomic E-state index is 12.6. The Morgan fingerprint density at radius 1 is 1.11 bits per heavy atom. The molecule has 0 N–H and O–H groups in total. The van der Waals surface area contributed by atoms with Crippen LogP contribution in [0.25, 0.3) is 0 Å². The summed E-state index contributed by atoms with van der Waals surface area (Å²) in [6.45, 7) is 0.476. The molecule has 1 aromatic heterocycles. The lowest BCUT2D eigenvalue weighted by atomic mass is 10.1. The Labute approximate surface area is 154 Å². The molecule has 0 saturated carbocycles. The molecule has 9 heteroatoms. The van der Waals surface area contributed by atoms with Crippen LogP contribution in [0.3, 0.4) is 0 Å². The van der Waals surface area contributed by atoms with E-state index in [9.17, 15) is 26.4 Å². The van der Waals surface area contributed by atoms with Gasteiger partial charge >= 0.3 is 6.18 Å². The lowest BCUT2D eigenvalue weighted by molar-refractivity contribution is -0.137. The van der Waals surface area contributed by atoms with Gasteiger partial charge in [0.15, 0.2) is 9.84 Å². The van der Waals surface area contributed by atoms with Gasteiger partial charge in [-0.05, 0) is 49.2 Å². The molecule has 1 aliphatic heterocycles. The minimum Gasteiger partial charge on any atom is -0.468 e. The molecular weight excluding hydrogens is 383 g/mol. The van der Waals surface area contributed by atoms with Crippen LogP contribution < -0.4 is 0 Å². The second-order valence-electron chi connectivity index (χ2n) is 6.45. The number of halogens is 3. The molecule has 0 spiro atoms. The van der Waals surface area contributed by atoms with E-state index in [1.54, 1.807) is 12.1 Å². The van der Waals surface area contributed by atoms with Gasteiger partial charge in [0.05, 0.1) is 17.1 Å². The Balaban J connectivity index is 1.61. The van der Waals surface area contributed by atoms with E-state index >= 15 is 0 Å². The molecule has 3 rings (SSSR count). The van der Waals surface area contributed by atoms with Gasteiger partial charge in [0.1, 0.15) is 11.5 Å². The van der Waals surface area contributed by atoms with Crippen molar-refractivity contribution >= 4 is 15.7 Å². The Bertz CT molecular complexity index is 882. The molecule has 5 nitrogen and oxygen atoms in total.